The van der Waals surface area contributed by atoms with Crippen LogP contribution < -0.4 is 16.0 Å². The topological polar surface area (TPSA) is 90.5 Å². The van der Waals surface area contributed by atoms with E-state index in [2.05, 4.69) is 16.0 Å². The lowest BCUT2D eigenvalue weighted by atomic mass is 9.95. The first-order chi connectivity index (χ1) is 11.4. The molecule has 140 valence electrons. The van der Waals surface area contributed by atoms with Gasteiger partial charge in [0, 0.05) is 31.7 Å². The average Bonchev–Trinajstić information content (AvgIpc) is 2.55. The SMILES string of the molecule is CS(=O)(=O)N1CCC(NC(=O)NCCCNC2CCCCC2)CC1. The first-order valence-electron chi connectivity index (χ1n) is 9.18. The molecule has 3 N–H and O–H groups in total. The zero-order chi connectivity index (χ0) is 17.4. The van der Waals surface area contributed by atoms with Crippen LogP contribution in [0.5, 0.6) is 0 Å². The summed E-state index contributed by atoms with van der Waals surface area (Å²) in [5.41, 5.74) is 0. The molecule has 0 bridgehead atoms. The monoisotopic (exact) mass is 360 g/mol. The van der Waals surface area contributed by atoms with E-state index >= 15 is 0 Å². The first-order valence-corrected chi connectivity index (χ1v) is 11.0. The van der Waals surface area contributed by atoms with E-state index in [0.717, 1.165) is 13.0 Å². The normalized spacial score (nSPS) is 21.5. The summed E-state index contributed by atoms with van der Waals surface area (Å²) in [5, 5.41) is 9.39. The summed E-state index contributed by atoms with van der Waals surface area (Å²) in [6, 6.07) is 0.571. The molecule has 0 atom stereocenters. The van der Waals surface area contributed by atoms with Crippen LogP contribution in [-0.4, -0.2) is 63.3 Å². The lowest BCUT2D eigenvalue weighted by Gasteiger charge is -2.30. The summed E-state index contributed by atoms with van der Waals surface area (Å²) in [7, 11) is -3.11. The molecule has 7 nitrogen and oxygen atoms in total. The maximum atomic E-state index is 11.9. The van der Waals surface area contributed by atoms with Crippen LogP contribution in [0.25, 0.3) is 0 Å². The van der Waals surface area contributed by atoms with Crippen LogP contribution in [0.15, 0.2) is 0 Å². The fraction of sp³-hybridized carbons (Fsp3) is 0.938. The van der Waals surface area contributed by atoms with Crippen molar-refractivity contribution in [1.82, 2.24) is 20.3 Å². The highest BCUT2D eigenvalue weighted by molar-refractivity contribution is 7.88. The maximum absolute atomic E-state index is 11.9. The van der Waals surface area contributed by atoms with Crippen molar-refractivity contribution in [2.45, 2.75) is 63.5 Å². The summed E-state index contributed by atoms with van der Waals surface area (Å²) in [6.07, 6.45) is 10.1. The minimum atomic E-state index is -3.11. The molecule has 0 radical (unpaired) electrons. The average molecular weight is 361 g/mol. The van der Waals surface area contributed by atoms with Crippen LogP contribution in [0.1, 0.15) is 51.4 Å². The van der Waals surface area contributed by atoms with E-state index < -0.39 is 10.0 Å². The van der Waals surface area contributed by atoms with Gasteiger partial charge in [-0.3, -0.25) is 0 Å². The van der Waals surface area contributed by atoms with E-state index in [4.69, 9.17) is 0 Å². The molecule has 1 aliphatic heterocycles. The quantitative estimate of drug-likeness (QED) is 0.591. The minimum Gasteiger partial charge on any atom is -0.338 e. The minimum absolute atomic E-state index is 0.0587. The van der Waals surface area contributed by atoms with Gasteiger partial charge in [0.25, 0.3) is 0 Å². The number of piperidine rings is 1. The number of nitrogens with one attached hydrogen (secondary N) is 3. The van der Waals surface area contributed by atoms with Crippen LogP contribution in [0.4, 0.5) is 4.79 Å². The summed E-state index contributed by atoms with van der Waals surface area (Å²) < 4.78 is 24.4. The summed E-state index contributed by atoms with van der Waals surface area (Å²) in [4.78, 5) is 11.9. The molecule has 1 aliphatic carbocycles. The molecule has 24 heavy (non-hydrogen) atoms. The zero-order valence-corrected chi connectivity index (χ0v) is 15.5. The predicted octanol–water partition coefficient (Wildman–Crippen LogP) is 1.02. The van der Waals surface area contributed by atoms with Gasteiger partial charge in [0.15, 0.2) is 0 Å². The maximum Gasteiger partial charge on any atom is 0.315 e. The van der Waals surface area contributed by atoms with Gasteiger partial charge in [0.2, 0.25) is 10.0 Å². The standard InChI is InChI=1S/C16H32N4O3S/c1-24(22,23)20-12-8-15(9-13-20)19-16(21)18-11-5-10-17-14-6-3-2-4-7-14/h14-15,17H,2-13H2,1H3,(H2,18,19,21). The Kier molecular flexibility index (Phi) is 7.77. The second kappa shape index (κ2) is 9.58. The van der Waals surface area contributed by atoms with Gasteiger partial charge in [-0.25, -0.2) is 17.5 Å². The van der Waals surface area contributed by atoms with E-state index in [1.165, 1.54) is 42.7 Å². The molecule has 0 aromatic heterocycles. The molecule has 0 aromatic carbocycles. The predicted molar refractivity (Wildman–Crippen MR) is 95.5 cm³/mol. The van der Waals surface area contributed by atoms with E-state index in [0.29, 0.717) is 38.5 Å². The molecule has 1 heterocycles. The van der Waals surface area contributed by atoms with Crippen molar-refractivity contribution in [3.05, 3.63) is 0 Å². The molecule has 0 unspecified atom stereocenters. The highest BCUT2D eigenvalue weighted by Gasteiger charge is 2.25. The molecule has 2 aliphatic rings. The highest BCUT2D eigenvalue weighted by Crippen LogP contribution is 2.17. The number of amides is 2. The third-order valence-electron chi connectivity index (χ3n) is 4.94. The largest absolute Gasteiger partial charge is 0.338 e. The van der Waals surface area contributed by atoms with Crippen molar-refractivity contribution in [3.63, 3.8) is 0 Å². The molecule has 0 spiro atoms. The van der Waals surface area contributed by atoms with Gasteiger partial charge in [-0.15, -0.1) is 0 Å². The van der Waals surface area contributed by atoms with Crippen molar-refractivity contribution in [2.24, 2.45) is 0 Å². The Hall–Kier alpha value is -0.860. The number of carbonyl (C=O) groups excluding carboxylic acids is 1. The molecular formula is C16H32N4O3S. The Morgan fingerprint density at radius 2 is 1.67 bits per heavy atom. The number of hydrogen-bond acceptors (Lipinski definition) is 4. The van der Waals surface area contributed by atoms with Crippen LogP contribution in [-0.2, 0) is 10.0 Å². The van der Waals surface area contributed by atoms with Crippen molar-refractivity contribution in [2.75, 3.05) is 32.4 Å². The summed E-state index contributed by atoms with van der Waals surface area (Å²) in [5.74, 6) is 0. The Morgan fingerprint density at radius 3 is 2.29 bits per heavy atom. The fourth-order valence-corrected chi connectivity index (χ4v) is 4.35. The number of urea groups is 1. The Balaban J connectivity index is 1.51. The van der Waals surface area contributed by atoms with Crippen molar-refractivity contribution in [1.29, 1.82) is 0 Å². The Morgan fingerprint density at radius 1 is 1.00 bits per heavy atom. The van der Waals surface area contributed by atoms with Crippen LogP contribution >= 0.6 is 0 Å². The van der Waals surface area contributed by atoms with E-state index in [-0.39, 0.29) is 12.1 Å². The summed E-state index contributed by atoms with van der Waals surface area (Å²) in [6.45, 7) is 2.57. The molecule has 0 aromatic rings. The second-order valence-electron chi connectivity index (χ2n) is 6.98. The number of rotatable bonds is 7. The number of sulfonamides is 1. The van der Waals surface area contributed by atoms with Crippen molar-refractivity contribution in [3.8, 4) is 0 Å². The van der Waals surface area contributed by atoms with Gasteiger partial charge < -0.3 is 16.0 Å². The van der Waals surface area contributed by atoms with Gasteiger partial charge in [0.1, 0.15) is 0 Å². The number of nitrogens with zero attached hydrogens (tertiary/aromatic N) is 1. The lowest BCUT2D eigenvalue weighted by molar-refractivity contribution is 0.227. The van der Waals surface area contributed by atoms with Crippen molar-refractivity contribution >= 4 is 16.1 Å². The molecular weight excluding hydrogens is 328 g/mol. The van der Waals surface area contributed by atoms with Gasteiger partial charge in [-0.1, -0.05) is 19.3 Å². The smallest absolute Gasteiger partial charge is 0.315 e. The fourth-order valence-electron chi connectivity index (χ4n) is 3.47. The van der Waals surface area contributed by atoms with Gasteiger partial charge in [-0.2, -0.15) is 0 Å². The van der Waals surface area contributed by atoms with Crippen LogP contribution in [0, 0.1) is 0 Å². The van der Waals surface area contributed by atoms with Gasteiger partial charge in [0.05, 0.1) is 6.26 Å². The molecule has 2 fully saturated rings. The second-order valence-corrected chi connectivity index (χ2v) is 8.96. The van der Waals surface area contributed by atoms with Crippen LogP contribution in [0.2, 0.25) is 0 Å². The Bertz CT molecular complexity index is 484. The highest BCUT2D eigenvalue weighted by atomic mass is 32.2. The third-order valence-corrected chi connectivity index (χ3v) is 6.24. The molecule has 8 heteroatoms. The van der Waals surface area contributed by atoms with Crippen LogP contribution in [0.3, 0.4) is 0 Å². The van der Waals surface area contributed by atoms with E-state index in [1.54, 1.807) is 0 Å². The lowest BCUT2D eigenvalue weighted by Crippen LogP contribution is -2.49. The molecule has 1 saturated carbocycles. The van der Waals surface area contributed by atoms with E-state index in [1.807, 2.05) is 0 Å². The van der Waals surface area contributed by atoms with Gasteiger partial charge in [-0.05, 0) is 38.6 Å². The third kappa shape index (κ3) is 6.94. The zero-order valence-electron chi connectivity index (χ0n) is 14.7. The summed E-state index contributed by atoms with van der Waals surface area (Å²) >= 11 is 0. The molecule has 2 rings (SSSR count). The Labute approximate surface area is 146 Å². The van der Waals surface area contributed by atoms with Crippen molar-refractivity contribution < 1.29 is 13.2 Å². The number of carbonyl (C=O) groups is 1. The van der Waals surface area contributed by atoms with E-state index in [9.17, 15) is 13.2 Å². The molecule has 2 amide bonds. The molecule has 1 saturated heterocycles. The van der Waals surface area contributed by atoms with Gasteiger partial charge >= 0.3 is 6.03 Å². The number of hydrogen-bond donors (Lipinski definition) is 3. The first kappa shape index (κ1) is 19.5.